The first kappa shape index (κ1) is 20.3. The number of hydrogen-bond acceptors (Lipinski definition) is 3. The zero-order valence-electron chi connectivity index (χ0n) is 16.8. The Morgan fingerprint density at radius 1 is 1.17 bits per heavy atom. The van der Waals surface area contributed by atoms with Crippen LogP contribution in [0.5, 0.6) is 0 Å². The third-order valence-electron chi connectivity index (χ3n) is 5.36. The molecule has 0 radical (unpaired) electrons. The smallest absolute Gasteiger partial charge is 0.264 e. The number of nitrogens with zero attached hydrogens (tertiary/aromatic N) is 3. The van der Waals surface area contributed by atoms with Gasteiger partial charge in [0.2, 0.25) is 5.91 Å². The van der Waals surface area contributed by atoms with E-state index in [1.165, 1.54) is 23.5 Å². The van der Waals surface area contributed by atoms with E-state index in [4.69, 9.17) is 0 Å². The Labute approximate surface area is 179 Å². The molecule has 0 fully saturated rings. The van der Waals surface area contributed by atoms with Gasteiger partial charge in [0.15, 0.2) is 0 Å². The zero-order valence-corrected chi connectivity index (χ0v) is 17.6. The largest absolute Gasteiger partial charge is 0.348 e. The molecule has 3 aromatic rings. The third kappa shape index (κ3) is 4.03. The molecule has 0 N–H and O–H groups in total. The van der Waals surface area contributed by atoms with E-state index in [-0.39, 0.29) is 30.2 Å². The van der Waals surface area contributed by atoms with Gasteiger partial charge in [-0.05, 0) is 47.7 Å². The number of hydrogen-bond donors (Lipinski definition) is 0. The molecule has 1 aliphatic rings. The number of aromatic nitrogens is 1. The maximum absolute atomic E-state index is 14.0. The van der Waals surface area contributed by atoms with Crippen LogP contribution in [0.15, 0.2) is 60.1 Å². The third-order valence-corrected chi connectivity index (χ3v) is 6.22. The van der Waals surface area contributed by atoms with Gasteiger partial charge in [0.25, 0.3) is 5.91 Å². The van der Waals surface area contributed by atoms with Crippen molar-refractivity contribution >= 4 is 23.2 Å². The van der Waals surface area contributed by atoms with Crippen molar-refractivity contribution < 1.29 is 14.0 Å². The van der Waals surface area contributed by atoms with Crippen LogP contribution in [0, 0.1) is 5.82 Å². The second kappa shape index (κ2) is 8.83. The van der Waals surface area contributed by atoms with Crippen LogP contribution in [0.1, 0.15) is 40.3 Å². The summed E-state index contributed by atoms with van der Waals surface area (Å²) < 4.78 is 16.1. The Morgan fingerprint density at radius 3 is 2.77 bits per heavy atom. The predicted octanol–water partition coefficient (Wildman–Crippen LogP) is 4.17. The van der Waals surface area contributed by atoms with Gasteiger partial charge in [-0.2, -0.15) is 0 Å². The minimum atomic E-state index is -0.378. The van der Waals surface area contributed by atoms with Gasteiger partial charge in [-0.1, -0.05) is 25.1 Å². The van der Waals surface area contributed by atoms with Crippen molar-refractivity contribution in [3.05, 3.63) is 82.1 Å². The van der Waals surface area contributed by atoms with E-state index in [1.54, 1.807) is 21.9 Å². The topological polar surface area (TPSA) is 45.6 Å². The second-order valence-corrected chi connectivity index (χ2v) is 8.32. The fourth-order valence-corrected chi connectivity index (χ4v) is 4.70. The Morgan fingerprint density at radius 2 is 2.03 bits per heavy atom. The molecule has 0 saturated carbocycles. The summed E-state index contributed by atoms with van der Waals surface area (Å²) in [5, 5.41) is 1.86. The van der Waals surface area contributed by atoms with Crippen LogP contribution in [0.4, 0.5) is 4.39 Å². The number of amides is 2. The molecule has 7 heteroatoms. The minimum Gasteiger partial charge on any atom is -0.348 e. The lowest BCUT2D eigenvalue weighted by Gasteiger charge is -2.38. The molecule has 3 heterocycles. The van der Waals surface area contributed by atoms with Gasteiger partial charge in [-0.25, -0.2) is 4.39 Å². The molecule has 30 heavy (non-hydrogen) atoms. The van der Waals surface area contributed by atoms with Crippen LogP contribution in [0.2, 0.25) is 0 Å². The molecule has 0 aliphatic carbocycles. The first-order valence-electron chi connectivity index (χ1n) is 10.1. The van der Waals surface area contributed by atoms with Crippen molar-refractivity contribution in [2.45, 2.75) is 25.9 Å². The van der Waals surface area contributed by atoms with Crippen molar-refractivity contribution in [2.75, 3.05) is 19.6 Å². The standard InChI is InChI=1S/C23H24FN3O2S/c1-2-10-26(23(29)20-9-5-14-30-20)16-21(28)27-13-12-25-11-4-8-19(25)22(27)17-6-3-7-18(24)15-17/h3-9,11,14-15,22H,2,10,12-13,16H2,1H3. The maximum atomic E-state index is 14.0. The number of benzene rings is 1. The minimum absolute atomic E-state index is 0.0110. The number of fused-ring (bicyclic) bond motifs is 1. The summed E-state index contributed by atoms with van der Waals surface area (Å²) in [6.45, 7) is 3.69. The van der Waals surface area contributed by atoms with Crippen molar-refractivity contribution in [1.29, 1.82) is 0 Å². The van der Waals surface area contributed by atoms with Gasteiger partial charge in [-0.3, -0.25) is 9.59 Å². The predicted molar refractivity (Wildman–Crippen MR) is 115 cm³/mol. The average molecular weight is 426 g/mol. The summed E-state index contributed by atoms with van der Waals surface area (Å²) in [7, 11) is 0. The molecule has 1 aromatic carbocycles. The van der Waals surface area contributed by atoms with Gasteiger partial charge < -0.3 is 14.4 Å². The highest BCUT2D eigenvalue weighted by molar-refractivity contribution is 7.12. The molecule has 4 rings (SSSR count). The van der Waals surface area contributed by atoms with Crippen LogP contribution in [-0.2, 0) is 11.3 Å². The fourth-order valence-electron chi connectivity index (χ4n) is 4.01. The van der Waals surface area contributed by atoms with Crippen LogP contribution in [0.25, 0.3) is 0 Å². The van der Waals surface area contributed by atoms with E-state index < -0.39 is 0 Å². The van der Waals surface area contributed by atoms with Gasteiger partial charge >= 0.3 is 0 Å². The molecular formula is C23H24FN3O2S. The maximum Gasteiger partial charge on any atom is 0.264 e. The summed E-state index contributed by atoms with van der Waals surface area (Å²) >= 11 is 1.38. The quantitative estimate of drug-likeness (QED) is 0.595. The molecule has 156 valence electrons. The molecular weight excluding hydrogens is 401 g/mol. The second-order valence-electron chi connectivity index (χ2n) is 7.38. The van der Waals surface area contributed by atoms with Gasteiger partial charge in [0.1, 0.15) is 12.4 Å². The molecule has 1 atom stereocenters. The van der Waals surface area contributed by atoms with Crippen molar-refractivity contribution in [2.24, 2.45) is 0 Å². The van der Waals surface area contributed by atoms with E-state index in [2.05, 4.69) is 4.57 Å². The first-order valence-corrected chi connectivity index (χ1v) is 11.0. The van der Waals surface area contributed by atoms with E-state index in [0.29, 0.717) is 24.5 Å². The number of halogens is 1. The van der Waals surface area contributed by atoms with Crippen LogP contribution < -0.4 is 0 Å². The lowest BCUT2D eigenvalue weighted by molar-refractivity contribution is -0.134. The molecule has 1 aliphatic heterocycles. The highest BCUT2D eigenvalue weighted by Crippen LogP contribution is 2.33. The number of carbonyl (C=O) groups is 2. The molecule has 0 spiro atoms. The molecule has 0 bridgehead atoms. The van der Waals surface area contributed by atoms with Crippen molar-refractivity contribution in [3.8, 4) is 0 Å². The monoisotopic (exact) mass is 425 g/mol. The summed E-state index contributed by atoms with van der Waals surface area (Å²) in [4.78, 5) is 30.3. The fraction of sp³-hybridized carbons (Fsp3) is 0.304. The van der Waals surface area contributed by atoms with Crippen molar-refractivity contribution in [3.63, 3.8) is 0 Å². The lowest BCUT2D eigenvalue weighted by Crippen LogP contribution is -2.48. The SMILES string of the molecule is CCCN(CC(=O)N1CCn2cccc2C1c1cccc(F)c1)C(=O)c1cccs1. The molecule has 5 nitrogen and oxygen atoms in total. The van der Waals surface area contributed by atoms with Crippen molar-refractivity contribution in [1.82, 2.24) is 14.4 Å². The number of carbonyl (C=O) groups excluding carboxylic acids is 2. The summed E-state index contributed by atoms with van der Waals surface area (Å²) in [6, 6.07) is 13.5. The summed E-state index contributed by atoms with van der Waals surface area (Å²) in [6.07, 6.45) is 2.74. The summed E-state index contributed by atoms with van der Waals surface area (Å²) in [5.74, 6) is -0.581. The summed E-state index contributed by atoms with van der Waals surface area (Å²) in [5.41, 5.74) is 1.68. The average Bonchev–Trinajstić information content (AvgIpc) is 3.44. The van der Waals surface area contributed by atoms with E-state index in [9.17, 15) is 14.0 Å². The van der Waals surface area contributed by atoms with Crippen LogP contribution in [0.3, 0.4) is 0 Å². The van der Waals surface area contributed by atoms with E-state index in [0.717, 1.165) is 17.7 Å². The normalized spacial score (nSPS) is 15.7. The Hall–Kier alpha value is -2.93. The molecule has 1 unspecified atom stereocenters. The van der Waals surface area contributed by atoms with Gasteiger partial charge in [0.05, 0.1) is 10.9 Å². The number of rotatable bonds is 6. The van der Waals surface area contributed by atoms with Crippen LogP contribution in [-0.4, -0.2) is 45.8 Å². The van der Waals surface area contributed by atoms with Crippen LogP contribution >= 0.6 is 11.3 Å². The van der Waals surface area contributed by atoms with E-state index in [1.807, 2.05) is 42.8 Å². The highest BCUT2D eigenvalue weighted by atomic mass is 32.1. The number of thiophene rings is 1. The Balaban J connectivity index is 1.62. The zero-order chi connectivity index (χ0) is 21.1. The van der Waals surface area contributed by atoms with Gasteiger partial charge in [0, 0.05) is 31.5 Å². The molecule has 2 aromatic heterocycles. The first-order chi connectivity index (χ1) is 14.6. The molecule has 0 saturated heterocycles. The Bertz CT molecular complexity index is 1030. The van der Waals surface area contributed by atoms with E-state index >= 15 is 0 Å². The molecule has 2 amide bonds. The highest BCUT2D eigenvalue weighted by Gasteiger charge is 2.33. The Kier molecular flexibility index (Phi) is 5.99. The lowest BCUT2D eigenvalue weighted by atomic mass is 9.99. The van der Waals surface area contributed by atoms with Gasteiger partial charge in [-0.15, -0.1) is 11.3 Å².